The fourth-order valence-corrected chi connectivity index (χ4v) is 3.19. The number of halogens is 1. The van der Waals surface area contributed by atoms with Crippen molar-refractivity contribution in [2.45, 2.75) is 19.0 Å². The second-order valence-corrected chi connectivity index (χ2v) is 6.21. The van der Waals surface area contributed by atoms with E-state index in [1.165, 1.54) is 0 Å². The van der Waals surface area contributed by atoms with Crippen molar-refractivity contribution in [2.75, 3.05) is 25.0 Å². The standard InChI is InChI=1S/C19H20FN4/c1-21-16-4-2-14(3-5-16)18-13-24-11-8-17(12-19(24)22-18)23-9-6-15(20)7-10-23/h2-5,8,11-13,15H,6-7,9-10H2,1H3/q-1. The molecule has 4 nitrogen and oxygen atoms in total. The molecular weight excluding hydrogens is 303 g/mol. The molecule has 1 aromatic carbocycles. The number of aromatic nitrogens is 2. The fourth-order valence-electron chi connectivity index (χ4n) is 3.19. The van der Waals surface area contributed by atoms with Crippen LogP contribution in [0.25, 0.3) is 22.2 Å². The lowest BCUT2D eigenvalue weighted by Crippen LogP contribution is -2.34. The summed E-state index contributed by atoms with van der Waals surface area (Å²) in [5, 5.41) is 4.16. The number of nitrogens with zero attached hydrogens (tertiary/aromatic N) is 4. The van der Waals surface area contributed by atoms with Gasteiger partial charge in [-0.1, -0.05) is 24.3 Å². The molecule has 124 valence electrons. The number of pyridine rings is 1. The van der Waals surface area contributed by atoms with Gasteiger partial charge >= 0.3 is 0 Å². The average molecular weight is 323 g/mol. The number of imidazole rings is 1. The van der Waals surface area contributed by atoms with E-state index in [4.69, 9.17) is 4.98 Å². The molecule has 5 heteroatoms. The summed E-state index contributed by atoms with van der Waals surface area (Å²) in [6.45, 7) is 1.54. The van der Waals surface area contributed by atoms with Gasteiger partial charge in [0, 0.05) is 42.8 Å². The summed E-state index contributed by atoms with van der Waals surface area (Å²) in [6.07, 6.45) is 4.63. The number of alkyl halides is 1. The molecule has 0 unspecified atom stereocenters. The maximum absolute atomic E-state index is 13.3. The Kier molecular flexibility index (Phi) is 3.84. The van der Waals surface area contributed by atoms with E-state index >= 15 is 0 Å². The van der Waals surface area contributed by atoms with Gasteiger partial charge in [-0.05, 0) is 18.9 Å². The Morgan fingerprint density at radius 3 is 2.58 bits per heavy atom. The van der Waals surface area contributed by atoms with Crippen molar-refractivity contribution in [1.82, 2.24) is 9.38 Å². The molecule has 4 rings (SSSR count). The molecule has 1 saturated heterocycles. The Morgan fingerprint density at radius 1 is 1.12 bits per heavy atom. The first-order valence-corrected chi connectivity index (χ1v) is 8.31. The molecule has 3 heterocycles. The van der Waals surface area contributed by atoms with E-state index in [0.717, 1.165) is 41.4 Å². The van der Waals surface area contributed by atoms with Crippen LogP contribution < -0.4 is 4.90 Å². The lowest BCUT2D eigenvalue weighted by molar-refractivity contribution is 0.277. The van der Waals surface area contributed by atoms with E-state index in [2.05, 4.69) is 22.3 Å². The van der Waals surface area contributed by atoms with Crippen molar-refractivity contribution in [3.05, 3.63) is 54.1 Å². The van der Waals surface area contributed by atoms with Gasteiger partial charge in [0.1, 0.15) is 11.8 Å². The SMILES string of the molecule is C[N-]c1ccc(-c2cn3ccc(N4CCC(F)CC4)cc3n2)cc1. The van der Waals surface area contributed by atoms with Gasteiger partial charge in [0.05, 0.1) is 5.69 Å². The zero-order valence-corrected chi connectivity index (χ0v) is 13.7. The molecule has 1 fully saturated rings. The smallest absolute Gasteiger partial charge is 0.139 e. The third-order valence-corrected chi connectivity index (χ3v) is 4.65. The average Bonchev–Trinajstić information content (AvgIpc) is 3.05. The maximum Gasteiger partial charge on any atom is 0.139 e. The van der Waals surface area contributed by atoms with Gasteiger partial charge < -0.3 is 14.6 Å². The van der Waals surface area contributed by atoms with Gasteiger partial charge in [0.15, 0.2) is 0 Å². The Hall–Kier alpha value is -2.56. The highest BCUT2D eigenvalue weighted by atomic mass is 19.1. The van der Waals surface area contributed by atoms with E-state index in [1.54, 1.807) is 7.05 Å². The van der Waals surface area contributed by atoms with Crippen LogP contribution in [-0.4, -0.2) is 35.7 Å². The van der Waals surface area contributed by atoms with E-state index in [-0.39, 0.29) is 0 Å². The first-order chi connectivity index (χ1) is 11.7. The molecule has 0 bridgehead atoms. The van der Waals surface area contributed by atoms with Gasteiger partial charge in [0.2, 0.25) is 0 Å². The lowest BCUT2D eigenvalue weighted by atomic mass is 10.1. The molecule has 0 atom stereocenters. The monoisotopic (exact) mass is 323 g/mol. The molecule has 0 amide bonds. The predicted molar refractivity (Wildman–Crippen MR) is 95.9 cm³/mol. The van der Waals surface area contributed by atoms with Crippen LogP contribution in [0.3, 0.4) is 0 Å². The quantitative estimate of drug-likeness (QED) is 0.707. The lowest BCUT2D eigenvalue weighted by Gasteiger charge is -2.30. The van der Waals surface area contributed by atoms with Crippen LogP contribution in [0.5, 0.6) is 0 Å². The second-order valence-electron chi connectivity index (χ2n) is 6.21. The second kappa shape index (κ2) is 6.15. The Bertz CT molecular complexity index is 832. The molecule has 1 aliphatic heterocycles. The van der Waals surface area contributed by atoms with Crippen molar-refractivity contribution in [3.8, 4) is 11.3 Å². The molecule has 24 heavy (non-hydrogen) atoms. The van der Waals surface area contributed by atoms with Crippen LogP contribution in [0, 0.1) is 0 Å². The van der Waals surface area contributed by atoms with Crippen LogP contribution in [0.15, 0.2) is 48.8 Å². The number of piperidine rings is 1. The summed E-state index contributed by atoms with van der Waals surface area (Å²) in [7, 11) is 1.78. The summed E-state index contributed by atoms with van der Waals surface area (Å²) in [5.74, 6) is 0. The molecule has 0 spiro atoms. The van der Waals surface area contributed by atoms with E-state index in [0.29, 0.717) is 12.8 Å². The summed E-state index contributed by atoms with van der Waals surface area (Å²) >= 11 is 0. The first kappa shape index (κ1) is 15.0. The van der Waals surface area contributed by atoms with Crippen LogP contribution in [-0.2, 0) is 0 Å². The van der Waals surface area contributed by atoms with Crippen LogP contribution >= 0.6 is 0 Å². The third kappa shape index (κ3) is 2.82. The van der Waals surface area contributed by atoms with Crippen molar-refractivity contribution in [3.63, 3.8) is 0 Å². The first-order valence-electron chi connectivity index (χ1n) is 8.31. The highest BCUT2D eigenvalue weighted by molar-refractivity contribution is 5.67. The number of hydrogen-bond acceptors (Lipinski definition) is 2. The third-order valence-electron chi connectivity index (χ3n) is 4.65. The zero-order chi connectivity index (χ0) is 16.5. The van der Waals surface area contributed by atoms with Crippen LogP contribution in [0.4, 0.5) is 15.8 Å². The Balaban J connectivity index is 1.63. The van der Waals surface area contributed by atoms with Crippen LogP contribution in [0.1, 0.15) is 12.8 Å². The van der Waals surface area contributed by atoms with E-state index in [1.807, 2.05) is 41.1 Å². The van der Waals surface area contributed by atoms with Crippen molar-refractivity contribution in [1.29, 1.82) is 0 Å². The number of hydrogen-bond donors (Lipinski definition) is 0. The number of rotatable bonds is 3. The molecule has 0 saturated carbocycles. The molecular formula is C19H20FN4-. The highest BCUT2D eigenvalue weighted by Crippen LogP contribution is 2.26. The normalized spacial score (nSPS) is 15.8. The summed E-state index contributed by atoms with van der Waals surface area (Å²) in [5.41, 5.74) is 5.00. The molecule has 0 N–H and O–H groups in total. The Labute approximate surface area is 140 Å². The minimum atomic E-state index is -0.652. The van der Waals surface area contributed by atoms with Crippen molar-refractivity contribution >= 4 is 17.0 Å². The number of benzene rings is 1. The van der Waals surface area contributed by atoms with Gasteiger partial charge in [-0.3, -0.25) is 0 Å². The summed E-state index contributed by atoms with van der Waals surface area (Å²) < 4.78 is 15.3. The molecule has 0 radical (unpaired) electrons. The zero-order valence-electron chi connectivity index (χ0n) is 13.7. The van der Waals surface area contributed by atoms with Gasteiger partial charge in [-0.2, -0.15) is 0 Å². The van der Waals surface area contributed by atoms with Crippen molar-refractivity contribution in [2.24, 2.45) is 0 Å². The van der Waals surface area contributed by atoms with Gasteiger partial charge in [-0.15, -0.1) is 12.7 Å². The molecule has 0 aliphatic carbocycles. The summed E-state index contributed by atoms with van der Waals surface area (Å²) in [4.78, 5) is 6.98. The molecule has 1 aliphatic rings. The van der Waals surface area contributed by atoms with Gasteiger partial charge in [0.25, 0.3) is 0 Å². The number of fused-ring (bicyclic) bond motifs is 1. The molecule has 3 aromatic rings. The number of anilines is 1. The topological polar surface area (TPSA) is 34.6 Å². The molecule has 2 aromatic heterocycles. The minimum absolute atomic E-state index is 0.611. The summed E-state index contributed by atoms with van der Waals surface area (Å²) in [6, 6.07) is 12.2. The van der Waals surface area contributed by atoms with Crippen LogP contribution in [0.2, 0.25) is 0 Å². The fraction of sp³-hybridized carbons (Fsp3) is 0.316. The Morgan fingerprint density at radius 2 is 1.88 bits per heavy atom. The minimum Gasteiger partial charge on any atom is -0.687 e. The van der Waals surface area contributed by atoms with E-state index in [9.17, 15) is 4.39 Å². The predicted octanol–water partition coefficient (Wildman–Crippen LogP) is 4.57. The highest BCUT2D eigenvalue weighted by Gasteiger charge is 2.19. The van der Waals surface area contributed by atoms with Gasteiger partial charge in [-0.25, -0.2) is 9.37 Å². The van der Waals surface area contributed by atoms with E-state index < -0.39 is 6.17 Å². The maximum atomic E-state index is 13.3. The van der Waals surface area contributed by atoms with Crippen molar-refractivity contribution < 1.29 is 4.39 Å². The largest absolute Gasteiger partial charge is 0.687 e.